The molecule has 7 heteroatoms. The van der Waals surface area contributed by atoms with Gasteiger partial charge >= 0.3 is 0 Å². The van der Waals surface area contributed by atoms with Gasteiger partial charge < -0.3 is 4.90 Å². The summed E-state index contributed by atoms with van der Waals surface area (Å²) < 4.78 is 25.2. The lowest BCUT2D eigenvalue weighted by Gasteiger charge is -2.26. The molecule has 0 bridgehead atoms. The Morgan fingerprint density at radius 3 is 3.00 bits per heavy atom. The van der Waals surface area contributed by atoms with Crippen LogP contribution in [-0.4, -0.2) is 27.3 Å². The Hall–Kier alpha value is -1.24. The van der Waals surface area contributed by atoms with E-state index >= 15 is 0 Å². The van der Waals surface area contributed by atoms with E-state index in [9.17, 15) is 13.4 Å². The van der Waals surface area contributed by atoms with Gasteiger partial charge in [0.05, 0.1) is 5.75 Å². The minimum atomic E-state index is -1.36. The second kappa shape index (κ2) is 7.11. The molecule has 3 rings (SSSR count). The van der Waals surface area contributed by atoms with Crippen LogP contribution in [0, 0.1) is 5.82 Å². The van der Waals surface area contributed by atoms with Crippen molar-refractivity contribution in [1.82, 2.24) is 4.90 Å². The first-order valence-electron chi connectivity index (χ1n) is 7.15. The highest BCUT2D eigenvalue weighted by atomic mass is 35.5. The van der Waals surface area contributed by atoms with Crippen LogP contribution >= 0.6 is 22.9 Å². The van der Waals surface area contributed by atoms with Gasteiger partial charge in [0.1, 0.15) is 11.6 Å². The highest BCUT2D eigenvalue weighted by molar-refractivity contribution is 7.84. The monoisotopic (exact) mass is 371 g/mol. The largest absolute Gasteiger partial charge is 0.337 e. The van der Waals surface area contributed by atoms with Crippen molar-refractivity contribution in [2.45, 2.75) is 18.7 Å². The molecule has 0 N–H and O–H groups in total. The number of hydrogen-bond donors (Lipinski definition) is 0. The Morgan fingerprint density at radius 2 is 2.22 bits per heavy atom. The number of rotatable bonds is 4. The summed E-state index contributed by atoms with van der Waals surface area (Å²) in [4.78, 5) is 15.4. The number of carbonyl (C=O) groups is 1. The fraction of sp³-hybridized carbons (Fsp3) is 0.312. The normalized spacial score (nSPS) is 15.3. The maximum atomic E-state index is 13.0. The van der Waals surface area contributed by atoms with E-state index in [1.807, 2.05) is 11.4 Å². The third-order valence-corrected chi connectivity index (χ3v) is 6.35. The van der Waals surface area contributed by atoms with Crippen LogP contribution < -0.4 is 0 Å². The number of hydrogen-bond acceptors (Lipinski definition) is 3. The van der Waals surface area contributed by atoms with E-state index in [1.54, 1.807) is 16.2 Å². The second-order valence-corrected chi connectivity index (χ2v) is 8.26. The molecule has 1 aromatic carbocycles. The van der Waals surface area contributed by atoms with Crippen molar-refractivity contribution in [2.24, 2.45) is 0 Å². The molecule has 1 aliphatic heterocycles. The average molecular weight is 372 g/mol. The molecule has 1 aromatic heterocycles. The molecule has 0 fully saturated rings. The van der Waals surface area contributed by atoms with Gasteiger partial charge in [0, 0.05) is 33.8 Å². The molecule has 0 saturated heterocycles. The van der Waals surface area contributed by atoms with Gasteiger partial charge in [-0.25, -0.2) is 4.39 Å². The van der Waals surface area contributed by atoms with Crippen molar-refractivity contribution >= 4 is 39.6 Å². The van der Waals surface area contributed by atoms with Gasteiger partial charge in [0.25, 0.3) is 0 Å². The molecule has 2 aromatic rings. The molecule has 0 spiro atoms. The number of carbonyl (C=O) groups excluding carboxylic acids is 1. The van der Waals surface area contributed by atoms with Crippen LogP contribution in [-0.2, 0) is 34.3 Å². The van der Waals surface area contributed by atoms with Crippen LogP contribution in [0.15, 0.2) is 29.6 Å². The zero-order valence-electron chi connectivity index (χ0n) is 12.3. The van der Waals surface area contributed by atoms with E-state index in [0.717, 1.165) is 6.42 Å². The van der Waals surface area contributed by atoms with Crippen LogP contribution in [0.3, 0.4) is 0 Å². The lowest BCUT2D eigenvalue weighted by molar-refractivity contribution is -0.129. The van der Waals surface area contributed by atoms with Crippen LogP contribution in [0.4, 0.5) is 4.39 Å². The summed E-state index contributed by atoms with van der Waals surface area (Å²) in [6.45, 7) is 1.26. The van der Waals surface area contributed by atoms with Crippen molar-refractivity contribution in [1.29, 1.82) is 0 Å². The smallest absolute Gasteiger partial charge is 0.235 e. The van der Waals surface area contributed by atoms with E-state index in [1.165, 1.54) is 28.6 Å². The Morgan fingerprint density at radius 1 is 1.39 bits per heavy atom. The van der Waals surface area contributed by atoms with Gasteiger partial charge in [-0.05, 0) is 41.1 Å². The Bertz CT molecular complexity index is 762. The first-order chi connectivity index (χ1) is 11.0. The second-order valence-electron chi connectivity index (χ2n) is 5.40. The Kier molecular flexibility index (Phi) is 5.14. The topological polar surface area (TPSA) is 37.4 Å². The van der Waals surface area contributed by atoms with Gasteiger partial charge in [-0.3, -0.25) is 9.00 Å². The summed E-state index contributed by atoms with van der Waals surface area (Å²) in [5, 5.41) is 2.28. The molecule has 0 aliphatic carbocycles. The zero-order chi connectivity index (χ0) is 16.4. The van der Waals surface area contributed by atoms with Gasteiger partial charge in [-0.15, -0.1) is 11.3 Å². The average Bonchev–Trinajstić information content (AvgIpc) is 2.97. The van der Waals surface area contributed by atoms with Gasteiger partial charge in [-0.1, -0.05) is 17.7 Å². The fourth-order valence-corrected chi connectivity index (χ4v) is 4.92. The molecule has 122 valence electrons. The summed E-state index contributed by atoms with van der Waals surface area (Å²) >= 11 is 7.65. The van der Waals surface area contributed by atoms with Crippen LogP contribution in [0.1, 0.15) is 16.0 Å². The summed E-state index contributed by atoms with van der Waals surface area (Å²) in [5.41, 5.74) is 1.78. The summed E-state index contributed by atoms with van der Waals surface area (Å²) in [5.74, 6) is -0.422. The number of fused-ring (bicyclic) bond motifs is 1. The standard InChI is InChI=1S/C16H15ClFNO2S2/c17-14-7-13(18)2-1-12(14)9-23(21)10-16(20)19-5-3-15-11(8-19)4-6-22-15/h1-2,4,6-7H,3,5,8-10H2. The lowest BCUT2D eigenvalue weighted by atomic mass is 10.1. The van der Waals surface area contributed by atoms with Crippen LogP contribution in [0.5, 0.6) is 0 Å². The number of benzene rings is 1. The van der Waals surface area contributed by atoms with E-state index in [-0.39, 0.29) is 22.4 Å². The molecule has 1 amide bonds. The third kappa shape index (κ3) is 4.00. The van der Waals surface area contributed by atoms with Crippen molar-refractivity contribution in [2.75, 3.05) is 12.3 Å². The van der Waals surface area contributed by atoms with Crippen molar-refractivity contribution in [3.63, 3.8) is 0 Å². The summed E-state index contributed by atoms with van der Waals surface area (Å²) in [7, 11) is -1.36. The number of amides is 1. The molecule has 1 aliphatic rings. The number of thiophene rings is 1. The molecular formula is C16H15ClFNO2S2. The Balaban J connectivity index is 1.59. The maximum absolute atomic E-state index is 13.0. The van der Waals surface area contributed by atoms with Crippen molar-refractivity contribution in [3.05, 3.63) is 56.5 Å². The molecule has 0 radical (unpaired) electrons. The summed E-state index contributed by atoms with van der Waals surface area (Å²) in [6.07, 6.45) is 0.856. The third-order valence-electron chi connectivity index (χ3n) is 3.78. The minimum Gasteiger partial charge on any atom is -0.337 e. The molecule has 1 unspecified atom stereocenters. The summed E-state index contributed by atoms with van der Waals surface area (Å²) in [6, 6.07) is 6.02. The van der Waals surface area contributed by atoms with E-state index in [2.05, 4.69) is 0 Å². The molecule has 0 saturated carbocycles. The van der Waals surface area contributed by atoms with Crippen molar-refractivity contribution in [3.8, 4) is 0 Å². The van der Waals surface area contributed by atoms with Crippen LogP contribution in [0.2, 0.25) is 5.02 Å². The molecule has 3 nitrogen and oxygen atoms in total. The fourth-order valence-electron chi connectivity index (χ4n) is 2.55. The molecular weight excluding hydrogens is 357 g/mol. The zero-order valence-corrected chi connectivity index (χ0v) is 14.6. The maximum Gasteiger partial charge on any atom is 0.235 e. The molecule has 23 heavy (non-hydrogen) atoms. The lowest BCUT2D eigenvalue weighted by Crippen LogP contribution is -2.38. The molecule has 2 heterocycles. The predicted molar refractivity (Wildman–Crippen MR) is 91.6 cm³/mol. The number of nitrogens with zero attached hydrogens (tertiary/aromatic N) is 1. The van der Waals surface area contributed by atoms with Crippen molar-refractivity contribution < 1.29 is 13.4 Å². The van der Waals surface area contributed by atoms with E-state index < -0.39 is 16.6 Å². The highest BCUT2D eigenvalue weighted by Crippen LogP contribution is 2.24. The van der Waals surface area contributed by atoms with Crippen LogP contribution in [0.25, 0.3) is 0 Å². The van der Waals surface area contributed by atoms with Gasteiger partial charge in [0.2, 0.25) is 5.91 Å². The SMILES string of the molecule is O=C(CS(=O)Cc1ccc(F)cc1Cl)N1CCc2sccc2C1. The van der Waals surface area contributed by atoms with Gasteiger partial charge in [0.15, 0.2) is 0 Å². The van der Waals surface area contributed by atoms with E-state index in [0.29, 0.717) is 18.7 Å². The predicted octanol–water partition coefficient (Wildman–Crippen LogP) is 3.37. The first-order valence-corrected chi connectivity index (χ1v) is 9.89. The quantitative estimate of drug-likeness (QED) is 0.826. The minimum absolute atomic E-state index is 0.0345. The Labute approximate surface area is 145 Å². The van der Waals surface area contributed by atoms with E-state index in [4.69, 9.17) is 11.6 Å². The highest BCUT2D eigenvalue weighted by Gasteiger charge is 2.23. The number of halogens is 2. The van der Waals surface area contributed by atoms with Gasteiger partial charge in [-0.2, -0.15) is 0 Å². The first kappa shape index (κ1) is 16.6. The molecule has 1 atom stereocenters.